The van der Waals surface area contributed by atoms with Crippen molar-refractivity contribution in [2.24, 2.45) is 5.10 Å². The standard InChI is InChI=1S/C25H32N4O4/c1-16(2)28-22-11-17(3)19(12-20(22)18(4)13-25(28,5)6)14-26-27-24(30)15-33-23-10-8-7-9-21(23)29(31)32/h7-12,14,16,18H,13,15H2,1-6H3,(H,27,30)/b26-14+/t18-/m0/s1. The first-order valence-electron chi connectivity index (χ1n) is 11.1. The van der Waals surface area contributed by atoms with E-state index in [9.17, 15) is 14.9 Å². The summed E-state index contributed by atoms with van der Waals surface area (Å²) in [7, 11) is 0. The molecule has 0 aliphatic carbocycles. The van der Waals surface area contributed by atoms with Crippen LogP contribution < -0.4 is 15.1 Å². The van der Waals surface area contributed by atoms with Crippen LogP contribution in [0, 0.1) is 17.0 Å². The molecule has 8 heteroatoms. The van der Waals surface area contributed by atoms with E-state index in [1.54, 1.807) is 18.3 Å². The Labute approximate surface area is 194 Å². The lowest BCUT2D eigenvalue weighted by Gasteiger charge is -2.50. The first-order chi connectivity index (χ1) is 15.5. The molecule has 1 amide bonds. The zero-order chi connectivity index (χ0) is 24.3. The van der Waals surface area contributed by atoms with Gasteiger partial charge >= 0.3 is 5.69 Å². The number of fused-ring (bicyclic) bond motifs is 1. The maximum absolute atomic E-state index is 12.1. The van der Waals surface area contributed by atoms with E-state index in [0.29, 0.717) is 12.0 Å². The van der Waals surface area contributed by atoms with E-state index in [1.807, 2.05) is 6.92 Å². The number of amides is 1. The highest BCUT2D eigenvalue weighted by atomic mass is 16.6. The van der Waals surface area contributed by atoms with E-state index in [1.165, 1.54) is 23.4 Å². The second kappa shape index (κ2) is 9.60. The molecule has 8 nitrogen and oxygen atoms in total. The van der Waals surface area contributed by atoms with Gasteiger partial charge in [-0.3, -0.25) is 14.9 Å². The number of para-hydroxylation sites is 2. The third-order valence-electron chi connectivity index (χ3n) is 5.99. The van der Waals surface area contributed by atoms with Crippen LogP contribution in [0.4, 0.5) is 11.4 Å². The van der Waals surface area contributed by atoms with Crippen LogP contribution in [0.5, 0.6) is 5.75 Å². The molecule has 0 unspecified atom stereocenters. The Kier molecular flexibility index (Phi) is 7.05. The van der Waals surface area contributed by atoms with Crippen LogP contribution in [0.1, 0.15) is 63.6 Å². The summed E-state index contributed by atoms with van der Waals surface area (Å²) in [6, 6.07) is 10.7. The summed E-state index contributed by atoms with van der Waals surface area (Å²) < 4.78 is 5.30. The number of hydrogen-bond donors (Lipinski definition) is 1. The molecule has 0 aromatic heterocycles. The van der Waals surface area contributed by atoms with Gasteiger partial charge in [0.25, 0.3) is 5.91 Å². The van der Waals surface area contributed by atoms with Crippen molar-refractivity contribution in [3.8, 4) is 5.75 Å². The summed E-state index contributed by atoms with van der Waals surface area (Å²) in [5.74, 6) is -0.0534. The van der Waals surface area contributed by atoms with E-state index in [0.717, 1.165) is 17.5 Å². The maximum atomic E-state index is 12.1. The number of hydrazone groups is 1. The topological polar surface area (TPSA) is 97.1 Å². The molecule has 0 spiro atoms. The number of carbonyl (C=O) groups is 1. The zero-order valence-electron chi connectivity index (χ0n) is 20.1. The largest absolute Gasteiger partial charge is 0.477 e. The fraction of sp³-hybridized carbons (Fsp3) is 0.440. The van der Waals surface area contributed by atoms with Gasteiger partial charge in [0, 0.05) is 23.3 Å². The van der Waals surface area contributed by atoms with Gasteiger partial charge in [0.05, 0.1) is 11.1 Å². The second-order valence-electron chi connectivity index (χ2n) is 9.46. The van der Waals surface area contributed by atoms with Crippen LogP contribution in [-0.4, -0.2) is 35.2 Å². The molecule has 1 aliphatic rings. The summed E-state index contributed by atoms with van der Waals surface area (Å²) in [5, 5.41) is 15.1. The van der Waals surface area contributed by atoms with Crippen molar-refractivity contribution in [3.05, 3.63) is 63.2 Å². The van der Waals surface area contributed by atoms with Crippen LogP contribution in [0.3, 0.4) is 0 Å². The van der Waals surface area contributed by atoms with Gasteiger partial charge in [-0.25, -0.2) is 5.43 Å². The number of carbonyl (C=O) groups excluding carboxylic acids is 1. The number of hydrogen-bond acceptors (Lipinski definition) is 6. The Hall–Kier alpha value is -3.42. The van der Waals surface area contributed by atoms with Crippen LogP contribution in [0.2, 0.25) is 0 Å². The number of aryl methyl sites for hydroxylation is 1. The SMILES string of the molecule is Cc1cc2c(cc1/C=N/NC(=O)COc1ccccc1[N+](=O)[O-])[C@@H](C)CC(C)(C)N2C(C)C. The molecule has 0 saturated carbocycles. The lowest BCUT2D eigenvalue weighted by molar-refractivity contribution is -0.385. The average molecular weight is 453 g/mol. The number of nitro groups is 1. The molecule has 176 valence electrons. The number of nitrogens with one attached hydrogen (secondary N) is 1. The Morgan fingerprint density at radius 2 is 2.06 bits per heavy atom. The van der Waals surface area contributed by atoms with Gasteiger partial charge in [-0.2, -0.15) is 5.10 Å². The molecule has 1 aliphatic heterocycles. The second-order valence-corrected chi connectivity index (χ2v) is 9.46. The molecule has 33 heavy (non-hydrogen) atoms. The van der Waals surface area contributed by atoms with Crippen molar-refractivity contribution in [1.29, 1.82) is 0 Å². The van der Waals surface area contributed by atoms with Gasteiger partial charge in [-0.15, -0.1) is 0 Å². The molecule has 2 aromatic rings. The molecule has 0 radical (unpaired) electrons. The molecule has 1 heterocycles. The highest BCUT2D eigenvalue weighted by Gasteiger charge is 2.37. The van der Waals surface area contributed by atoms with Gasteiger partial charge in [0.2, 0.25) is 0 Å². The normalized spacial score (nSPS) is 17.2. The van der Waals surface area contributed by atoms with Crippen LogP contribution in [0.25, 0.3) is 0 Å². The van der Waals surface area contributed by atoms with Gasteiger partial charge in [-0.1, -0.05) is 19.1 Å². The lowest BCUT2D eigenvalue weighted by Crippen LogP contribution is -2.51. The number of rotatable bonds is 7. The van der Waals surface area contributed by atoms with Crippen molar-refractivity contribution >= 4 is 23.5 Å². The molecule has 0 bridgehead atoms. The first-order valence-corrected chi connectivity index (χ1v) is 11.1. The molecular weight excluding hydrogens is 420 g/mol. The summed E-state index contributed by atoms with van der Waals surface area (Å²) in [6.45, 7) is 12.9. The Bertz CT molecular complexity index is 1080. The van der Waals surface area contributed by atoms with Gasteiger partial charge in [-0.05, 0) is 81.8 Å². The minimum Gasteiger partial charge on any atom is -0.477 e. The molecule has 1 atom stereocenters. The average Bonchev–Trinajstić information content (AvgIpc) is 2.72. The number of benzene rings is 2. The van der Waals surface area contributed by atoms with E-state index in [-0.39, 0.29) is 23.6 Å². The van der Waals surface area contributed by atoms with Crippen molar-refractivity contribution in [2.45, 2.75) is 65.5 Å². The summed E-state index contributed by atoms with van der Waals surface area (Å²) in [6.07, 6.45) is 2.68. The highest BCUT2D eigenvalue weighted by molar-refractivity contribution is 5.86. The summed E-state index contributed by atoms with van der Waals surface area (Å²) in [5.41, 5.74) is 6.85. The van der Waals surface area contributed by atoms with Crippen molar-refractivity contribution in [1.82, 2.24) is 5.43 Å². The Balaban J connectivity index is 1.71. The van der Waals surface area contributed by atoms with E-state index in [2.05, 4.69) is 62.2 Å². The number of anilines is 1. The van der Waals surface area contributed by atoms with Crippen LogP contribution in [-0.2, 0) is 4.79 Å². The van der Waals surface area contributed by atoms with E-state index in [4.69, 9.17) is 4.74 Å². The fourth-order valence-corrected chi connectivity index (χ4v) is 4.81. The zero-order valence-corrected chi connectivity index (χ0v) is 20.1. The minimum absolute atomic E-state index is 0.0405. The molecule has 1 N–H and O–H groups in total. The highest BCUT2D eigenvalue weighted by Crippen LogP contribution is 2.45. The molecule has 3 rings (SSSR count). The van der Waals surface area contributed by atoms with E-state index < -0.39 is 10.8 Å². The number of nitrogens with zero attached hydrogens (tertiary/aromatic N) is 3. The fourth-order valence-electron chi connectivity index (χ4n) is 4.81. The number of nitro benzene ring substituents is 1. The summed E-state index contributed by atoms with van der Waals surface area (Å²) >= 11 is 0. The predicted molar refractivity (Wildman–Crippen MR) is 130 cm³/mol. The lowest BCUT2D eigenvalue weighted by atomic mass is 9.78. The third kappa shape index (κ3) is 5.32. The van der Waals surface area contributed by atoms with Crippen molar-refractivity contribution < 1.29 is 14.5 Å². The first kappa shape index (κ1) is 24.2. The Morgan fingerprint density at radius 1 is 1.36 bits per heavy atom. The summed E-state index contributed by atoms with van der Waals surface area (Å²) in [4.78, 5) is 25.1. The van der Waals surface area contributed by atoms with Gasteiger partial charge < -0.3 is 9.64 Å². The maximum Gasteiger partial charge on any atom is 0.310 e. The molecule has 2 aromatic carbocycles. The van der Waals surface area contributed by atoms with Gasteiger partial charge in [0.1, 0.15) is 0 Å². The quantitative estimate of drug-likeness (QED) is 0.365. The minimum atomic E-state index is -0.549. The smallest absolute Gasteiger partial charge is 0.310 e. The molecular formula is C25H32N4O4. The molecule has 0 fully saturated rings. The third-order valence-corrected chi connectivity index (χ3v) is 5.99. The van der Waals surface area contributed by atoms with Crippen molar-refractivity contribution in [2.75, 3.05) is 11.5 Å². The Morgan fingerprint density at radius 3 is 2.73 bits per heavy atom. The predicted octanol–water partition coefficient (Wildman–Crippen LogP) is 4.93. The van der Waals surface area contributed by atoms with Crippen molar-refractivity contribution in [3.63, 3.8) is 0 Å². The monoisotopic (exact) mass is 452 g/mol. The molecule has 0 saturated heterocycles. The van der Waals surface area contributed by atoms with Crippen LogP contribution in [0.15, 0.2) is 41.5 Å². The van der Waals surface area contributed by atoms with Gasteiger partial charge in [0.15, 0.2) is 12.4 Å². The van der Waals surface area contributed by atoms with Crippen LogP contribution >= 0.6 is 0 Å². The van der Waals surface area contributed by atoms with E-state index >= 15 is 0 Å². The number of ether oxygens (including phenoxy) is 1.